The topological polar surface area (TPSA) is 60.0 Å². The van der Waals surface area contributed by atoms with Gasteiger partial charge in [0.15, 0.2) is 5.96 Å². The summed E-state index contributed by atoms with van der Waals surface area (Å²) in [6, 6.07) is 5.42. The molecule has 0 radical (unpaired) electrons. The van der Waals surface area contributed by atoms with E-state index in [1.165, 1.54) is 0 Å². The first kappa shape index (κ1) is 25.5. The number of carbonyl (C=O) groups is 1. The molecule has 6 nitrogen and oxygen atoms in total. The fourth-order valence-corrected chi connectivity index (χ4v) is 3.71. The summed E-state index contributed by atoms with van der Waals surface area (Å²) in [7, 11) is 3.45. The Bertz CT molecular complexity index is 673. The van der Waals surface area contributed by atoms with Crippen LogP contribution in [-0.4, -0.2) is 57.0 Å². The molecule has 0 aliphatic carbocycles. The molecule has 8 heteroatoms. The Morgan fingerprint density at radius 1 is 1.28 bits per heavy atom. The fraction of sp³-hybridized carbons (Fsp3) is 0.619. The van der Waals surface area contributed by atoms with Gasteiger partial charge in [-0.15, -0.1) is 24.0 Å². The Balaban J connectivity index is 0.00000420. The molecule has 2 rings (SSSR count). The van der Waals surface area contributed by atoms with Gasteiger partial charge in [0.2, 0.25) is 5.91 Å². The zero-order chi connectivity index (χ0) is 20.5. The van der Waals surface area contributed by atoms with Gasteiger partial charge in [-0.3, -0.25) is 9.79 Å². The van der Waals surface area contributed by atoms with Crippen LogP contribution in [0.3, 0.4) is 0 Å². The number of guanidine groups is 1. The summed E-state index contributed by atoms with van der Waals surface area (Å²) >= 11 is 0. The van der Waals surface area contributed by atoms with Crippen LogP contribution < -0.4 is 15.5 Å². The third kappa shape index (κ3) is 7.31. The molecule has 1 amide bonds. The number of benzene rings is 1. The molecule has 0 atom stereocenters. The Morgan fingerprint density at radius 3 is 2.45 bits per heavy atom. The molecule has 0 aromatic heterocycles. The van der Waals surface area contributed by atoms with Crippen molar-refractivity contribution in [3.63, 3.8) is 0 Å². The van der Waals surface area contributed by atoms with E-state index in [2.05, 4.69) is 20.5 Å². The monoisotopic (exact) mass is 519 g/mol. The van der Waals surface area contributed by atoms with Crippen molar-refractivity contribution in [1.29, 1.82) is 0 Å². The van der Waals surface area contributed by atoms with Gasteiger partial charge in [-0.2, -0.15) is 0 Å². The highest BCUT2D eigenvalue weighted by molar-refractivity contribution is 14.0. The van der Waals surface area contributed by atoms with Crippen LogP contribution in [-0.2, 0) is 11.3 Å². The van der Waals surface area contributed by atoms with Gasteiger partial charge in [-0.05, 0) is 50.3 Å². The zero-order valence-electron chi connectivity index (χ0n) is 18.0. The van der Waals surface area contributed by atoms with Crippen molar-refractivity contribution in [2.24, 2.45) is 10.9 Å². The minimum absolute atomic E-state index is 0. The van der Waals surface area contributed by atoms with E-state index in [1.807, 2.05) is 30.9 Å². The molecule has 29 heavy (non-hydrogen) atoms. The number of amides is 1. The summed E-state index contributed by atoms with van der Waals surface area (Å²) in [5, 5.41) is 6.04. The average molecular weight is 519 g/mol. The number of nitrogens with zero attached hydrogens (tertiary/aromatic N) is 3. The highest BCUT2D eigenvalue weighted by atomic mass is 127. The summed E-state index contributed by atoms with van der Waals surface area (Å²) in [4.78, 5) is 20.1. The Hall–Kier alpha value is -1.58. The first-order valence-electron chi connectivity index (χ1n) is 10.2. The maximum absolute atomic E-state index is 14.5. The van der Waals surface area contributed by atoms with Gasteiger partial charge in [0.25, 0.3) is 0 Å². The lowest BCUT2D eigenvalue weighted by Crippen LogP contribution is -2.45. The maximum atomic E-state index is 14.5. The second kappa shape index (κ2) is 12.9. The zero-order valence-corrected chi connectivity index (χ0v) is 20.3. The van der Waals surface area contributed by atoms with Gasteiger partial charge < -0.3 is 20.4 Å². The van der Waals surface area contributed by atoms with E-state index in [0.29, 0.717) is 24.6 Å². The highest BCUT2D eigenvalue weighted by Crippen LogP contribution is 2.22. The number of likely N-dealkylation sites (tertiary alicyclic amines) is 1. The Labute approximate surface area is 191 Å². The minimum atomic E-state index is -0.187. The quantitative estimate of drug-likeness (QED) is 0.330. The third-order valence-electron chi connectivity index (χ3n) is 5.45. The van der Waals surface area contributed by atoms with Gasteiger partial charge in [-0.25, -0.2) is 4.39 Å². The van der Waals surface area contributed by atoms with Crippen molar-refractivity contribution < 1.29 is 9.18 Å². The second-order valence-corrected chi connectivity index (χ2v) is 7.17. The lowest BCUT2D eigenvalue weighted by Gasteiger charge is -2.34. The lowest BCUT2D eigenvalue weighted by molar-refractivity contribution is -0.121. The van der Waals surface area contributed by atoms with Crippen molar-refractivity contribution in [2.45, 2.75) is 39.7 Å². The number of nitrogens with one attached hydrogen (secondary N) is 2. The van der Waals surface area contributed by atoms with E-state index in [1.54, 1.807) is 20.2 Å². The molecular weight excluding hydrogens is 484 g/mol. The number of hydrogen-bond acceptors (Lipinski definition) is 3. The van der Waals surface area contributed by atoms with Gasteiger partial charge in [-0.1, -0.05) is 6.07 Å². The molecule has 1 fully saturated rings. The predicted octanol–water partition coefficient (Wildman–Crippen LogP) is 3.21. The second-order valence-electron chi connectivity index (χ2n) is 7.17. The van der Waals surface area contributed by atoms with E-state index >= 15 is 0 Å². The molecule has 1 aromatic rings. The largest absolute Gasteiger partial charge is 0.370 e. The third-order valence-corrected chi connectivity index (χ3v) is 5.45. The molecule has 2 N–H and O–H groups in total. The van der Waals surface area contributed by atoms with Crippen molar-refractivity contribution >= 4 is 41.5 Å². The molecule has 0 saturated carbocycles. The molecule has 0 spiro atoms. The molecule has 1 aliphatic heterocycles. The molecule has 164 valence electrons. The summed E-state index contributed by atoms with van der Waals surface area (Å²) in [6.07, 6.45) is 2.54. The minimum Gasteiger partial charge on any atom is -0.370 e. The van der Waals surface area contributed by atoms with E-state index in [4.69, 9.17) is 0 Å². The maximum Gasteiger partial charge on any atom is 0.220 e. The lowest BCUT2D eigenvalue weighted by atomic mass is 9.93. The first-order valence-corrected chi connectivity index (χ1v) is 10.2. The van der Waals surface area contributed by atoms with Crippen molar-refractivity contribution in [3.8, 4) is 0 Å². The summed E-state index contributed by atoms with van der Waals surface area (Å²) in [5.74, 6) is 1.17. The van der Waals surface area contributed by atoms with Crippen molar-refractivity contribution in [1.82, 2.24) is 15.5 Å². The number of halogens is 2. The van der Waals surface area contributed by atoms with Gasteiger partial charge in [0.1, 0.15) is 5.82 Å². The summed E-state index contributed by atoms with van der Waals surface area (Å²) < 4.78 is 14.5. The summed E-state index contributed by atoms with van der Waals surface area (Å²) in [5.41, 5.74) is 1.54. The first-order chi connectivity index (χ1) is 13.5. The molecular formula is C21H35FIN5O. The van der Waals surface area contributed by atoms with Crippen LogP contribution in [0.1, 0.15) is 38.7 Å². The average Bonchev–Trinajstić information content (AvgIpc) is 2.71. The number of rotatable bonds is 7. The molecule has 0 unspecified atom stereocenters. The Morgan fingerprint density at radius 2 is 1.93 bits per heavy atom. The van der Waals surface area contributed by atoms with Gasteiger partial charge >= 0.3 is 0 Å². The van der Waals surface area contributed by atoms with Crippen LogP contribution in [0.5, 0.6) is 0 Å². The van der Waals surface area contributed by atoms with Crippen molar-refractivity contribution in [2.75, 3.05) is 45.2 Å². The van der Waals surface area contributed by atoms with Gasteiger partial charge in [0, 0.05) is 53.2 Å². The van der Waals surface area contributed by atoms with Gasteiger partial charge in [0.05, 0.1) is 5.69 Å². The molecule has 0 bridgehead atoms. The highest BCUT2D eigenvalue weighted by Gasteiger charge is 2.23. The van der Waals surface area contributed by atoms with Crippen molar-refractivity contribution in [3.05, 3.63) is 29.6 Å². The SMILES string of the molecule is CCN(CC)c1ccc(CNC(=NC)N2CCC(CC(=O)NC)CC2)cc1F.I. The molecule has 1 aromatic carbocycles. The van der Waals surface area contributed by atoms with Crippen LogP contribution in [0.2, 0.25) is 0 Å². The standard InChI is InChI=1S/C21H34FN5O.HI/c1-5-26(6-2)19-8-7-17(13-18(19)22)15-25-21(24-4)27-11-9-16(10-12-27)14-20(28)23-3;/h7-8,13,16H,5-6,9-12,14-15H2,1-4H3,(H,23,28)(H,24,25);1H. The van der Waals surface area contributed by atoms with E-state index < -0.39 is 0 Å². The summed E-state index contributed by atoms with van der Waals surface area (Å²) in [6.45, 7) is 7.90. The number of hydrogen-bond donors (Lipinski definition) is 2. The van der Waals surface area contributed by atoms with Crippen LogP contribution >= 0.6 is 24.0 Å². The molecule has 1 aliphatic rings. The smallest absolute Gasteiger partial charge is 0.220 e. The van der Waals surface area contributed by atoms with Crippen LogP contribution in [0.15, 0.2) is 23.2 Å². The normalized spacial score (nSPS) is 14.9. The number of carbonyl (C=O) groups excluding carboxylic acids is 1. The predicted molar refractivity (Wildman–Crippen MR) is 129 cm³/mol. The van der Waals surface area contributed by atoms with Crippen LogP contribution in [0.25, 0.3) is 0 Å². The van der Waals surface area contributed by atoms with E-state index in [0.717, 1.165) is 50.5 Å². The number of piperidine rings is 1. The molecule has 1 saturated heterocycles. The van der Waals surface area contributed by atoms with E-state index in [-0.39, 0.29) is 35.7 Å². The van der Waals surface area contributed by atoms with Crippen LogP contribution in [0.4, 0.5) is 10.1 Å². The molecule has 1 heterocycles. The fourth-order valence-electron chi connectivity index (χ4n) is 3.71. The number of aliphatic imine (C=N–C) groups is 1. The van der Waals surface area contributed by atoms with Crippen LogP contribution in [0, 0.1) is 11.7 Å². The number of anilines is 1. The van der Waals surface area contributed by atoms with E-state index in [9.17, 15) is 9.18 Å². The Kier molecular flexibility index (Phi) is 11.3.